The van der Waals surface area contributed by atoms with Gasteiger partial charge in [-0.2, -0.15) is 0 Å². The molecule has 28 heavy (non-hydrogen) atoms. The Balaban J connectivity index is 2.49. The molecule has 0 saturated heterocycles. The van der Waals surface area contributed by atoms with E-state index in [4.69, 9.17) is 0 Å². The summed E-state index contributed by atoms with van der Waals surface area (Å²) in [6.07, 6.45) is 5.16. The van der Waals surface area contributed by atoms with E-state index in [0.717, 1.165) is 25.0 Å². The van der Waals surface area contributed by atoms with Crippen LogP contribution in [0.25, 0.3) is 0 Å². The molecule has 0 aromatic rings. The summed E-state index contributed by atoms with van der Waals surface area (Å²) in [6.45, 7) is 25.4. The van der Waals surface area contributed by atoms with Crippen LogP contribution in [0.1, 0.15) is 94.9 Å². The first-order valence-electron chi connectivity index (χ1n) is 11.3. The van der Waals surface area contributed by atoms with Crippen LogP contribution in [0, 0.1) is 34.0 Å². The minimum atomic E-state index is 0.102. The summed E-state index contributed by atoms with van der Waals surface area (Å²) in [5.41, 5.74) is 1.12. The summed E-state index contributed by atoms with van der Waals surface area (Å²) in [4.78, 5) is 4.91. The summed E-state index contributed by atoms with van der Waals surface area (Å²) in [5, 5.41) is 0. The molecule has 2 heteroatoms. The highest BCUT2D eigenvalue weighted by Crippen LogP contribution is 2.48. The quantitative estimate of drug-likeness (QED) is 0.470. The molecule has 0 N–H and O–H groups in total. The van der Waals surface area contributed by atoms with E-state index in [1.54, 1.807) is 0 Å². The van der Waals surface area contributed by atoms with Gasteiger partial charge in [0, 0.05) is 23.5 Å². The topological polar surface area (TPSA) is 6.48 Å². The molecule has 1 saturated carbocycles. The van der Waals surface area contributed by atoms with Crippen molar-refractivity contribution in [2.75, 3.05) is 27.2 Å². The second-order valence-corrected chi connectivity index (χ2v) is 13.0. The molecule has 1 aliphatic rings. The SMILES string of the molecule is CN(CC#CC(C)(C)CCC(C)(C)C1CC(N(C)C(C)(C)C)C1)CC(C)(C)C. The predicted octanol–water partition coefficient (Wildman–Crippen LogP) is 6.31. The maximum Gasteiger partial charge on any atom is 0.0599 e. The van der Waals surface area contributed by atoms with Crippen LogP contribution in [0.15, 0.2) is 0 Å². The lowest BCUT2D eigenvalue weighted by Gasteiger charge is -2.52. The first-order chi connectivity index (χ1) is 12.4. The van der Waals surface area contributed by atoms with Crippen molar-refractivity contribution in [3.8, 4) is 11.8 Å². The molecule has 0 aromatic heterocycles. The molecule has 1 rings (SSSR count). The van der Waals surface area contributed by atoms with E-state index in [1.165, 1.54) is 25.7 Å². The molecule has 2 nitrogen and oxygen atoms in total. The normalized spacial score (nSPS) is 21.5. The van der Waals surface area contributed by atoms with Crippen LogP contribution in [-0.2, 0) is 0 Å². The van der Waals surface area contributed by atoms with Crippen LogP contribution < -0.4 is 0 Å². The molecule has 0 aliphatic heterocycles. The van der Waals surface area contributed by atoms with E-state index >= 15 is 0 Å². The summed E-state index contributed by atoms with van der Waals surface area (Å²) in [7, 11) is 4.47. The van der Waals surface area contributed by atoms with Crippen molar-refractivity contribution < 1.29 is 0 Å². The zero-order chi connectivity index (χ0) is 22.0. The Kier molecular flexibility index (Phi) is 8.29. The van der Waals surface area contributed by atoms with Gasteiger partial charge in [0.1, 0.15) is 0 Å². The molecular weight excluding hydrogens is 340 g/mol. The fraction of sp³-hybridized carbons (Fsp3) is 0.923. The van der Waals surface area contributed by atoms with Gasteiger partial charge >= 0.3 is 0 Å². The minimum absolute atomic E-state index is 0.102. The lowest BCUT2D eigenvalue weighted by molar-refractivity contribution is -0.0185. The van der Waals surface area contributed by atoms with E-state index in [2.05, 4.69) is 105 Å². The van der Waals surface area contributed by atoms with Gasteiger partial charge in [-0.3, -0.25) is 9.80 Å². The molecule has 1 aliphatic carbocycles. The number of rotatable bonds is 7. The lowest BCUT2D eigenvalue weighted by Crippen LogP contribution is -2.53. The highest BCUT2D eigenvalue weighted by molar-refractivity contribution is 5.10. The van der Waals surface area contributed by atoms with E-state index in [0.29, 0.717) is 10.8 Å². The van der Waals surface area contributed by atoms with Crippen molar-refractivity contribution in [2.24, 2.45) is 22.2 Å². The lowest BCUT2D eigenvalue weighted by atomic mass is 9.61. The molecule has 0 bridgehead atoms. The molecule has 0 atom stereocenters. The Hall–Kier alpha value is -0.520. The van der Waals surface area contributed by atoms with Crippen LogP contribution in [0.2, 0.25) is 0 Å². The second kappa shape index (κ2) is 9.09. The van der Waals surface area contributed by atoms with Crippen LogP contribution in [-0.4, -0.2) is 48.6 Å². The average molecular weight is 391 g/mol. The highest BCUT2D eigenvalue weighted by atomic mass is 15.2. The Labute approximate surface area is 177 Å². The molecule has 0 aromatic carbocycles. The van der Waals surface area contributed by atoms with Crippen molar-refractivity contribution in [3.05, 3.63) is 0 Å². The molecule has 0 amide bonds. The van der Waals surface area contributed by atoms with E-state index < -0.39 is 0 Å². The van der Waals surface area contributed by atoms with E-state index in [9.17, 15) is 0 Å². The molecule has 1 fully saturated rings. The first kappa shape index (κ1) is 25.5. The van der Waals surface area contributed by atoms with Crippen molar-refractivity contribution in [2.45, 2.75) is 107 Å². The highest BCUT2D eigenvalue weighted by Gasteiger charge is 2.43. The van der Waals surface area contributed by atoms with Gasteiger partial charge in [0.05, 0.1) is 6.54 Å². The van der Waals surface area contributed by atoms with Crippen LogP contribution in [0.3, 0.4) is 0 Å². The van der Waals surface area contributed by atoms with Crippen molar-refractivity contribution in [1.82, 2.24) is 9.80 Å². The Bertz CT molecular complexity index is 542. The van der Waals surface area contributed by atoms with Gasteiger partial charge in [0.15, 0.2) is 0 Å². The molecule has 0 radical (unpaired) electrons. The number of hydrogen-bond donors (Lipinski definition) is 0. The fourth-order valence-electron chi connectivity index (χ4n) is 4.27. The monoisotopic (exact) mass is 390 g/mol. The van der Waals surface area contributed by atoms with Gasteiger partial charge in [0.2, 0.25) is 0 Å². The van der Waals surface area contributed by atoms with Gasteiger partial charge in [-0.15, -0.1) is 0 Å². The molecule has 0 heterocycles. The Morgan fingerprint density at radius 2 is 1.36 bits per heavy atom. The number of nitrogens with zero attached hydrogens (tertiary/aromatic N) is 2. The van der Waals surface area contributed by atoms with Crippen LogP contribution in [0.4, 0.5) is 0 Å². The number of hydrogen-bond acceptors (Lipinski definition) is 2. The largest absolute Gasteiger partial charge is 0.299 e. The zero-order valence-electron chi connectivity index (χ0n) is 21.3. The third kappa shape index (κ3) is 8.46. The zero-order valence-corrected chi connectivity index (χ0v) is 21.3. The van der Waals surface area contributed by atoms with Gasteiger partial charge in [-0.1, -0.05) is 46.5 Å². The summed E-state index contributed by atoms with van der Waals surface area (Å²) >= 11 is 0. The third-order valence-electron chi connectivity index (χ3n) is 6.74. The van der Waals surface area contributed by atoms with Crippen molar-refractivity contribution >= 4 is 0 Å². The summed E-state index contributed by atoms with van der Waals surface area (Å²) < 4.78 is 0. The van der Waals surface area contributed by atoms with Gasteiger partial charge in [0.25, 0.3) is 0 Å². The van der Waals surface area contributed by atoms with Gasteiger partial charge < -0.3 is 0 Å². The predicted molar refractivity (Wildman–Crippen MR) is 126 cm³/mol. The minimum Gasteiger partial charge on any atom is -0.299 e. The van der Waals surface area contributed by atoms with Gasteiger partial charge in [-0.25, -0.2) is 0 Å². The second-order valence-electron chi connectivity index (χ2n) is 13.0. The van der Waals surface area contributed by atoms with E-state index in [1.807, 2.05) is 0 Å². The maximum atomic E-state index is 3.57. The average Bonchev–Trinajstić information content (AvgIpc) is 2.40. The maximum absolute atomic E-state index is 3.57. The summed E-state index contributed by atoms with van der Waals surface area (Å²) in [5.74, 6) is 7.87. The summed E-state index contributed by atoms with van der Waals surface area (Å²) in [6, 6.07) is 0.760. The molecule has 0 spiro atoms. The van der Waals surface area contributed by atoms with Gasteiger partial charge in [-0.05, 0) is 91.1 Å². The fourth-order valence-corrected chi connectivity index (χ4v) is 4.27. The molecule has 0 unspecified atom stereocenters. The molecular formula is C26H50N2. The van der Waals surface area contributed by atoms with Crippen LogP contribution >= 0.6 is 0 Å². The smallest absolute Gasteiger partial charge is 0.0599 e. The first-order valence-corrected chi connectivity index (χ1v) is 11.3. The van der Waals surface area contributed by atoms with Crippen molar-refractivity contribution in [3.63, 3.8) is 0 Å². The Morgan fingerprint density at radius 1 is 0.821 bits per heavy atom. The van der Waals surface area contributed by atoms with E-state index in [-0.39, 0.29) is 11.0 Å². The standard InChI is InChI=1S/C26H50N2/c1-23(2,3)20-27(11)17-13-14-25(7,8)15-16-26(9,10)21-18-22(19-21)28(12)24(4,5)6/h21-22H,15-20H2,1-12H3. The Morgan fingerprint density at radius 3 is 1.82 bits per heavy atom. The van der Waals surface area contributed by atoms with Crippen LogP contribution in [0.5, 0.6) is 0 Å². The van der Waals surface area contributed by atoms with Crippen molar-refractivity contribution in [1.29, 1.82) is 0 Å². The third-order valence-corrected chi connectivity index (χ3v) is 6.74. The molecule has 164 valence electrons.